The van der Waals surface area contributed by atoms with E-state index < -0.39 is 0 Å². The normalized spacial score (nSPS) is 22.6. The maximum absolute atomic E-state index is 9.23. The Bertz CT molecular complexity index is 447. The molecule has 3 nitrogen and oxygen atoms in total. The summed E-state index contributed by atoms with van der Waals surface area (Å²) in [6.07, 6.45) is 4.46. The molecule has 1 aromatic rings. The van der Waals surface area contributed by atoms with Crippen molar-refractivity contribution in [2.45, 2.75) is 44.1 Å². The summed E-state index contributed by atoms with van der Waals surface area (Å²) in [5.41, 5.74) is 1.02. The van der Waals surface area contributed by atoms with Gasteiger partial charge in [-0.15, -0.1) is 11.3 Å². The molecule has 0 amide bonds. The Kier molecular flexibility index (Phi) is 5.74. The maximum atomic E-state index is 9.23. The van der Waals surface area contributed by atoms with Crippen LogP contribution in [0.15, 0.2) is 42.1 Å². The highest BCUT2D eigenvalue weighted by Gasteiger charge is 2.21. The van der Waals surface area contributed by atoms with Gasteiger partial charge in [0.1, 0.15) is 0 Å². The van der Waals surface area contributed by atoms with Gasteiger partial charge in [0.15, 0.2) is 0 Å². The first kappa shape index (κ1) is 15.2. The molecular weight excluding hydrogens is 269 g/mol. The second-order valence-corrected chi connectivity index (χ2v) is 6.24. The molecular formula is C15H21BNO2S. The molecule has 2 atom stereocenters. The van der Waals surface area contributed by atoms with Crippen molar-refractivity contribution in [2.75, 3.05) is 0 Å². The Balaban J connectivity index is 1.76. The van der Waals surface area contributed by atoms with E-state index in [4.69, 9.17) is 4.65 Å². The largest absolute Gasteiger partial charge is 0.513 e. The molecule has 1 aliphatic heterocycles. The Morgan fingerprint density at radius 2 is 2.35 bits per heavy atom. The fourth-order valence-electron chi connectivity index (χ4n) is 2.36. The minimum atomic E-state index is 0.0462. The highest BCUT2D eigenvalue weighted by Crippen LogP contribution is 2.18. The molecule has 20 heavy (non-hydrogen) atoms. The van der Waals surface area contributed by atoms with Crippen LogP contribution in [0.25, 0.3) is 0 Å². The number of rotatable bonds is 6. The van der Waals surface area contributed by atoms with E-state index in [9.17, 15) is 5.11 Å². The summed E-state index contributed by atoms with van der Waals surface area (Å²) in [7, 11) is 1.85. The lowest BCUT2D eigenvalue weighted by Gasteiger charge is -2.18. The van der Waals surface area contributed by atoms with Gasteiger partial charge < -0.3 is 15.1 Å². The van der Waals surface area contributed by atoms with E-state index in [0.29, 0.717) is 6.42 Å². The Hall–Kier alpha value is -1.20. The van der Waals surface area contributed by atoms with E-state index >= 15 is 0 Å². The van der Waals surface area contributed by atoms with Gasteiger partial charge in [-0.2, -0.15) is 0 Å². The van der Waals surface area contributed by atoms with Crippen molar-refractivity contribution in [1.82, 2.24) is 5.32 Å². The van der Waals surface area contributed by atoms with Gasteiger partial charge in [0.05, 0.1) is 5.76 Å². The molecule has 2 N–H and O–H groups in total. The van der Waals surface area contributed by atoms with Gasteiger partial charge in [-0.25, -0.2) is 0 Å². The van der Waals surface area contributed by atoms with Crippen molar-refractivity contribution >= 4 is 18.8 Å². The molecule has 5 heteroatoms. The van der Waals surface area contributed by atoms with Crippen molar-refractivity contribution in [2.24, 2.45) is 0 Å². The van der Waals surface area contributed by atoms with Gasteiger partial charge in [-0.05, 0) is 30.7 Å². The first-order valence-electron chi connectivity index (χ1n) is 6.95. The number of aliphatic hydroxyl groups is 1. The minimum Gasteiger partial charge on any atom is -0.513 e. The molecule has 1 aliphatic rings. The van der Waals surface area contributed by atoms with Crippen LogP contribution < -0.4 is 5.32 Å². The molecule has 2 unspecified atom stereocenters. The molecule has 0 bridgehead atoms. The van der Waals surface area contributed by atoms with E-state index in [1.807, 2.05) is 7.48 Å². The van der Waals surface area contributed by atoms with Gasteiger partial charge in [-0.1, -0.05) is 19.2 Å². The number of thiophene rings is 1. The molecule has 1 radical (unpaired) electrons. The van der Waals surface area contributed by atoms with Gasteiger partial charge >= 0.3 is 7.48 Å². The second kappa shape index (κ2) is 7.55. The third-order valence-corrected chi connectivity index (χ3v) is 4.17. The summed E-state index contributed by atoms with van der Waals surface area (Å²) in [6, 6.07) is 4.17. The van der Waals surface area contributed by atoms with Crippen LogP contribution in [0.3, 0.4) is 0 Å². The van der Waals surface area contributed by atoms with Crippen molar-refractivity contribution in [3.63, 3.8) is 0 Å². The number of aliphatic hydroxyl groups excluding tert-OH is 1. The third-order valence-electron chi connectivity index (χ3n) is 3.30. The molecule has 0 aromatic carbocycles. The van der Waals surface area contributed by atoms with Crippen LogP contribution in [-0.2, 0) is 11.1 Å². The average molecular weight is 290 g/mol. The molecule has 0 spiro atoms. The second-order valence-electron chi connectivity index (χ2n) is 5.21. The van der Waals surface area contributed by atoms with Crippen LogP contribution in [0.2, 0.25) is 0 Å². The summed E-state index contributed by atoms with van der Waals surface area (Å²) < 4.78 is 5.72. The number of nitrogens with one attached hydrogen (secondary N) is 1. The number of allylic oxidation sites excluding steroid dienone is 1. The van der Waals surface area contributed by atoms with Crippen molar-refractivity contribution < 1.29 is 9.76 Å². The molecule has 2 rings (SSSR count). The van der Waals surface area contributed by atoms with Gasteiger partial charge in [0, 0.05) is 35.5 Å². The fourth-order valence-corrected chi connectivity index (χ4v) is 3.11. The monoisotopic (exact) mass is 290 g/mol. The first-order valence-corrected chi connectivity index (χ1v) is 7.83. The van der Waals surface area contributed by atoms with Crippen LogP contribution in [-0.4, -0.2) is 24.6 Å². The van der Waals surface area contributed by atoms with E-state index in [-0.39, 0.29) is 17.8 Å². The van der Waals surface area contributed by atoms with E-state index in [1.165, 1.54) is 4.88 Å². The zero-order valence-electron chi connectivity index (χ0n) is 11.7. The summed E-state index contributed by atoms with van der Waals surface area (Å²) in [6.45, 7) is 7.61. The number of hydrogen-bond donors (Lipinski definition) is 2. The molecule has 1 saturated heterocycles. The lowest BCUT2D eigenvalue weighted by molar-refractivity contribution is 0.185. The molecule has 1 aromatic heterocycles. The van der Waals surface area contributed by atoms with Crippen LogP contribution >= 0.6 is 11.3 Å². The van der Waals surface area contributed by atoms with E-state index in [2.05, 4.69) is 36.0 Å². The highest BCUT2D eigenvalue weighted by atomic mass is 32.1. The highest BCUT2D eigenvalue weighted by molar-refractivity contribution is 7.09. The van der Waals surface area contributed by atoms with Crippen LogP contribution in [0, 0.1) is 0 Å². The predicted molar refractivity (Wildman–Crippen MR) is 85.0 cm³/mol. The van der Waals surface area contributed by atoms with Gasteiger partial charge in [-0.3, -0.25) is 0 Å². The zero-order valence-corrected chi connectivity index (χ0v) is 12.5. The van der Waals surface area contributed by atoms with Gasteiger partial charge in [0.25, 0.3) is 0 Å². The zero-order chi connectivity index (χ0) is 14.4. The fraction of sp³-hybridized carbons (Fsp3) is 0.467. The van der Waals surface area contributed by atoms with Crippen molar-refractivity contribution in [1.29, 1.82) is 0 Å². The third kappa shape index (κ3) is 5.06. The lowest BCUT2D eigenvalue weighted by Crippen LogP contribution is -2.35. The Morgan fingerprint density at radius 1 is 1.50 bits per heavy atom. The Labute approximate surface area is 125 Å². The molecule has 2 heterocycles. The Morgan fingerprint density at radius 3 is 3.05 bits per heavy atom. The summed E-state index contributed by atoms with van der Waals surface area (Å²) in [5.74, 6) is 0.385. The maximum Gasteiger partial charge on any atom is 0.316 e. The quantitative estimate of drug-likeness (QED) is 0.623. The minimum absolute atomic E-state index is 0.0462. The molecule has 107 valence electrons. The molecule has 1 fully saturated rings. The topological polar surface area (TPSA) is 41.5 Å². The number of hydrogen-bond acceptors (Lipinski definition) is 4. The summed E-state index contributed by atoms with van der Waals surface area (Å²) >= 11 is 1.74. The first-order chi connectivity index (χ1) is 9.63. The van der Waals surface area contributed by atoms with Crippen molar-refractivity contribution in [3.05, 3.63) is 47.0 Å². The van der Waals surface area contributed by atoms with Crippen LogP contribution in [0.1, 0.15) is 30.6 Å². The standard InChI is InChI=1S/C15H21BNO2S/c1-11(9-14-6-4-8-20-14)17-15-7-3-5-13(19-16-15)10-12(2)18/h4,6,8,13,15,17-18H,1-3,5,7,9-10H2. The van der Waals surface area contributed by atoms with Crippen LogP contribution in [0.4, 0.5) is 0 Å². The summed E-state index contributed by atoms with van der Waals surface area (Å²) in [5, 5.41) is 14.7. The summed E-state index contributed by atoms with van der Waals surface area (Å²) in [4.78, 5) is 1.31. The smallest absolute Gasteiger partial charge is 0.316 e. The average Bonchev–Trinajstić information content (AvgIpc) is 2.78. The predicted octanol–water partition coefficient (Wildman–Crippen LogP) is 3.37. The van der Waals surface area contributed by atoms with Gasteiger partial charge in [0.2, 0.25) is 0 Å². The lowest BCUT2D eigenvalue weighted by atomic mass is 9.84. The van der Waals surface area contributed by atoms with E-state index in [0.717, 1.165) is 31.4 Å². The molecule has 0 saturated carbocycles. The SMILES string of the molecule is C=C(O)CC1CCCC(NC(=C)Cc2cccs2)[B]O1. The van der Waals surface area contributed by atoms with Crippen molar-refractivity contribution in [3.8, 4) is 0 Å². The molecule has 0 aliphatic carbocycles. The van der Waals surface area contributed by atoms with E-state index in [1.54, 1.807) is 11.3 Å². The van der Waals surface area contributed by atoms with Crippen LogP contribution in [0.5, 0.6) is 0 Å².